The van der Waals surface area contributed by atoms with Crippen molar-refractivity contribution in [3.63, 3.8) is 0 Å². The van der Waals surface area contributed by atoms with Gasteiger partial charge < -0.3 is 10.2 Å². The van der Waals surface area contributed by atoms with Crippen LogP contribution in [0.3, 0.4) is 0 Å². The van der Waals surface area contributed by atoms with E-state index in [2.05, 4.69) is 20.5 Å². The van der Waals surface area contributed by atoms with Crippen LogP contribution in [-0.2, 0) is 0 Å². The third kappa shape index (κ3) is 2.66. The third-order valence-corrected chi connectivity index (χ3v) is 3.97. The summed E-state index contributed by atoms with van der Waals surface area (Å²) in [5.41, 5.74) is 1.39. The summed E-state index contributed by atoms with van der Waals surface area (Å²) >= 11 is 0. The number of non-ortho nitro benzene ring substituents is 1. The number of hydrogen-bond acceptors (Lipinski definition) is 7. The fourth-order valence-corrected chi connectivity index (χ4v) is 2.85. The smallest absolute Gasteiger partial charge is 0.300 e. The molecular weight excluding hydrogens is 274 g/mol. The minimum absolute atomic E-state index is 0.0785. The van der Waals surface area contributed by atoms with Crippen LogP contribution in [0.25, 0.3) is 11.0 Å². The molecule has 1 aromatic heterocycles. The maximum Gasteiger partial charge on any atom is 0.300 e. The van der Waals surface area contributed by atoms with Gasteiger partial charge in [0.2, 0.25) is 5.52 Å². The van der Waals surface area contributed by atoms with E-state index in [0.29, 0.717) is 11.4 Å². The molecule has 8 heteroatoms. The highest BCUT2D eigenvalue weighted by molar-refractivity contribution is 5.93. The van der Waals surface area contributed by atoms with Crippen molar-refractivity contribution in [1.29, 1.82) is 0 Å². The summed E-state index contributed by atoms with van der Waals surface area (Å²) in [6.07, 6.45) is 2.27. The van der Waals surface area contributed by atoms with Gasteiger partial charge in [0.15, 0.2) is 5.52 Å². The fourth-order valence-electron chi connectivity index (χ4n) is 2.85. The van der Waals surface area contributed by atoms with Crippen molar-refractivity contribution in [3.8, 4) is 0 Å². The van der Waals surface area contributed by atoms with Crippen molar-refractivity contribution >= 4 is 22.4 Å². The molecule has 1 aromatic carbocycles. The van der Waals surface area contributed by atoms with Crippen LogP contribution in [0.15, 0.2) is 16.8 Å². The van der Waals surface area contributed by atoms with Crippen LogP contribution >= 0.6 is 0 Å². The van der Waals surface area contributed by atoms with Crippen molar-refractivity contribution in [1.82, 2.24) is 15.6 Å². The van der Waals surface area contributed by atoms with E-state index < -0.39 is 4.92 Å². The van der Waals surface area contributed by atoms with Gasteiger partial charge in [-0.15, -0.1) is 0 Å². The molecule has 1 fully saturated rings. The molecule has 0 saturated carbocycles. The zero-order chi connectivity index (χ0) is 14.8. The molecule has 2 aromatic rings. The fraction of sp³-hybridized carbons (Fsp3) is 0.538. The summed E-state index contributed by atoms with van der Waals surface area (Å²) in [7, 11) is 1.97. The summed E-state index contributed by atoms with van der Waals surface area (Å²) in [6, 6.07) is 3.17. The van der Waals surface area contributed by atoms with E-state index in [4.69, 9.17) is 4.63 Å². The number of anilines is 1. The highest BCUT2D eigenvalue weighted by Gasteiger charge is 2.22. The molecule has 0 bridgehead atoms. The van der Waals surface area contributed by atoms with Crippen LogP contribution in [0.2, 0.25) is 0 Å². The van der Waals surface area contributed by atoms with Crippen LogP contribution in [-0.4, -0.2) is 41.9 Å². The molecule has 0 unspecified atom stereocenters. The van der Waals surface area contributed by atoms with Crippen LogP contribution < -0.4 is 10.2 Å². The molecule has 0 radical (unpaired) electrons. The lowest BCUT2D eigenvalue weighted by Gasteiger charge is -2.28. The molecule has 1 aliphatic heterocycles. The van der Waals surface area contributed by atoms with E-state index in [9.17, 15) is 10.1 Å². The quantitative estimate of drug-likeness (QED) is 0.674. The molecule has 8 nitrogen and oxygen atoms in total. The number of hydrogen-bond donors (Lipinski definition) is 1. The summed E-state index contributed by atoms with van der Waals surface area (Å²) in [6.45, 7) is 2.97. The maximum atomic E-state index is 11.0. The summed E-state index contributed by atoms with van der Waals surface area (Å²) in [5.74, 6) is 0.612. The average Bonchev–Trinajstić information content (AvgIpc) is 2.96. The molecular formula is C13H17N5O3. The number of benzene rings is 1. The number of nitrogens with zero attached hydrogens (tertiary/aromatic N) is 4. The Hall–Kier alpha value is -2.22. The molecule has 1 saturated heterocycles. The van der Waals surface area contributed by atoms with Crippen molar-refractivity contribution in [2.24, 2.45) is 5.92 Å². The molecule has 0 spiro atoms. The van der Waals surface area contributed by atoms with Crippen molar-refractivity contribution in [2.45, 2.75) is 12.8 Å². The second kappa shape index (κ2) is 5.65. The minimum Gasteiger partial charge on any atom is -0.372 e. The van der Waals surface area contributed by atoms with Gasteiger partial charge in [0.05, 0.1) is 10.6 Å². The number of nitrogens with one attached hydrogen (secondary N) is 1. The van der Waals surface area contributed by atoms with Gasteiger partial charge >= 0.3 is 5.69 Å². The van der Waals surface area contributed by atoms with Gasteiger partial charge in [-0.2, -0.15) is 0 Å². The molecule has 0 atom stereocenters. The van der Waals surface area contributed by atoms with Crippen LogP contribution in [0.1, 0.15) is 12.8 Å². The Morgan fingerprint density at radius 3 is 2.81 bits per heavy atom. The first-order chi connectivity index (χ1) is 10.2. The molecule has 1 aliphatic rings. The number of piperidine rings is 1. The van der Waals surface area contributed by atoms with Gasteiger partial charge in [0.1, 0.15) is 0 Å². The molecule has 3 rings (SSSR count). The van der Waals surface area contributed by atoms with E-state index in [1.807, 2.05) is 7.05 Å². The highest BCUT2D eigenvalue weighted by atomic mass is 16.6. The Morgan fingerprint density at radius 2 is 2.10 bits per heavy atom. The molecule has 0 amide bonds. The zero-order valence-corrected chi connectivity index (χ0v) is 11.8. The van der Waals surface area contributed by atoms with Crippen LogP contribution in [0.5, 0.6) is 0 Å². The predicted molar refractivity (Wildman–Crippen MR) is 77.3 cm³/mol. The summed E-state index contributed by atoms with van der Waals surface area (Å²) in [5, 5.41) is 21.8. The average molecular weight is 291 g/mol. The van der Waals surface area contributed by atoms with Crippen LogP contribution in [0.4, 0.5) is 11.4 Å². The topological polar surface area (TPSA) is 97.3 Å². The lowest BCUT2D eigenvalue weighted by Crippen LogP contribution is -2.34. The number of aromatic nitrogens is 2. The van der Waals surface area contributed by atoms with Gasteiger partial charge in [-0.1, -0.05) is 0 Å². The van der Waals surface area contributed by atoms with E-state index in [1.165, 1.54) is 6.07 Å². The Labute approximate surface area is 121 Å². The van der Waals surface area contributed by atoms with E-state index in [1.54, 1.807) is 6.07 Å². The normalized spacial score (nSPS) is 16.2. The monoisotopic (exact) mass is 291 g/mol. The first-order valence-electron chi connectivity index (χ1n) is 6.98. The van der Waals surface area contributed by atoms with Gasteiger partial charge in [-0.05, 0) is 48.2 Å². The Morgan fingerprint density at radius 1 is 1.38 bits per heavy atom. The summed E-state index contributed by atoms with van der Waals surface area (Å²) < 4.78 is 4.70. The summed E-state index contributed by atoms with van der Waals surface area (Å²) in [4.78, 5) is 12.6. The van der Waals surface area contributed by atoms with Gasteiger partial charge in [-0.3, -0.25) is 10.1 Å². The van der Waals surface area contributed by atoms with Gasteiger partial charge in [0, 0.05) is 19.7 Å². The standard InChI is InChI=1S/C13H17N5O3/c1-17(8-9-4-6-14-7-5-9)10-2-3-11(18(19)20)13-12(10)15-21-16-13/h2-3,9,14H,4-8H2,1H3. The molecule has 2 heterocycles. The number of rotatable bonds is 4. The van der Waals surface area contributed by atoms with Crippen molar-refractivity contribution in [2.75, 3.05) is 31.6 Å². The Kier molecular flexibility index (Phi) is 3.70. The van der Waals surface area contributed by atoms with E-state index in [0.717, 1.165) is 38.2 Å². The maximum absolute atomic E-state index is 11.0. The van der Waals surface area contributed by atoms with Crippen molar-refractivity contribution in [3.05, 3.63) is 22.2 Å². The largest absolute Gasteiger partial charge is 0.372 e. The predicted octanol–water partition coefficient (Wildman–Crippen LogP) is 1.57. The lowest BCUT2D eigenvalue weighted by atomic mass is 9.97. The number of nitro groups is 1. The minimum atomic E-state index is -0.469. The highest BCUT2D eigenvalue weighted by Crippen LogP contribution is 2.31. The SMILES string of the molecule is CN(CC1CCNCC1)c1ccc([N+](=O)[O-])c2nonc12. The van der Waals surface area contributed by atoms with Crippen molar-refractivity contribution < 1.29 is 9.55 Å². The molecule has 21 heavy (non-hydrogen) atoms. The number of fused-ring (bicyclic) bond motifs is 1. The van der Waals surface area contributed by atoms with E-state index in [-0.39, 0.29) is 11.2 Å². The van der Waals surface area contributed by atoms with Gasteiger partial charge in [-0.25, -0.2) is 4.63 Å². The number of nitro benzene ring substituents is 1. The Balaban J connectivity index is 1.87. The second-order valence-corrected chi connectivity index (χ2v) is 5.40. The lowest BCUT2D eigenvalue weighted by molar-refractivity contribution is -0.383. The first-order valence-corrected chi connectivity index (χ1v) is 6.98. The second-order valence-electron chi connectivity index (χ2n) is 5.40. The van der Waals surface area contributed by atoms with Crippen LogP contribution in [0, 0.1) is 16.0 Å². The molecule has 1 N–H and O–H groups in total. The Bertz CT molecular complexity index is 650. The molecule has 112 valence electrons. The first kappa shape index (κ1) is 13.7. The van der Waals surface area contributed by atoms with E-state index >= 15 is 0 Å². The third-order valence-electron chi connectivity index (χ3n) is 3.97. The van der Waals surface area contributed by atoms with Gasteiger partial charge in [0.25, 0.3) is 0 Å². The zero-order valence-electron chi connectivity index (χ0n) is 11.8. The molecule has 0 aliphatic carbocycles.